The minimum atomic E-state index is -0.0000730. The second-order valence-electron chi connectivity index (χ2n) is 19.6. The highest BCUT2D eigenvalue weighted by Gasteiger charge is 2.27. The van der Waals surface area contributed by atoms with Crippen LogP contribution in [-0.2, 0) is 24.0 Å². The lowest BCUT2D eigenvalue weighted by molar-refractivity contribution is 0.306. The molecule has 0 atom stereocenters. The van der Waals surface area contributed by atoms with Crippen molar-refractivity contribution in [3.63, 3.8) is 0 Å². The number of benzene rings is 9. The number of ether oxygens (including phenoxy) is 2. The van der Waals surface area contributed by atoms with Gasteiger partial charge in [-0.15, -0.1) is 0 Å². The number of aryl methyl sites for hydroxylation is 2. The van der Waals surface area contributed by atoms with Crippen molar-refractivity contribution in [2.75, 3.05) is 9.80 Å². The monoisotopic (exact) mass is 864 g/mol. The van der Waals surface area contributed by atoms with E-state index in [-0.39, 0.29) is 10.8 Å². The summed E-state index contributed by atoms with van der Waals surface area (Å²) in [6.45, 7) is 18.8. The molecule has 0 saturated heterocycles. The fraction of sp³-hybridized carbons (Fsp3) is 0.194. The molecule has 0 aliphatic rings. The minimum absolute atomic E-state index is 0.0000730. The van der Waals surface area contributed by atoms with E-state index in [1.807, 2.05) is 12.1 Å². The Morgan fingerprint density at radius 2 is 0.667 bits per heavy atom. The second kappa shape index (κ2) is 18.3. The highest BCUT2D eigenvalue weighted by Crippen LogP contribution is 2.52. The summed E-state index contributed by atoms with van der Waals surface area (Å²) in [7, 11) is 0. The molecule has 0 fully saturated rings. The van der Waals surface area contributed by atoms with Gasteiger partial charge in [0.25, 0.3) is 0 Å². The third kappa shape index (κ3) is 9.41. The summed E-state index contributed by atoms with van der Waals surface area (Å²) in [5.74, 6) is 1.59. The quantitative estimate of drug-likeness (QED) is 0.0902. The Morgan fingerprint density at radius 1 is 0.348 bits per heavy atom. The van der Waals surface area contributed by atoms with Gasteiger partial charge in [0.15, 0.2) is 0 Å². The van der Waals surface area contributed by atoms with Crippen molar-refractivity contribution in [1.82, 2.24) is 0 Å². The molecule has 9 aromatic rings. The van der Waals surface area contributed by atoms with Crippen LogP contribution in [0.5, 0.6) is 11.5 Å². The van der Waals surface area contributed by atoms with Gasteiger partial charge < -0.3 is 19.3 Å². The summed E-state index contributed by atoms with van der Waals surface area (Å²) in [5.41, 5.74) is 13.6. The predicted octanol–water partition coefficient (Wildman–Crippen LogP) is 17.3. The van der Waals surface area contributed by atoms with Crippen molar-refractivity contribution in [2.45, 2.75) is 79.4 Å². The van der Waals surface area contributed by atoms with Crippen LogP contribution in [0, 0.1) is 13.8 Å². The minimum Gasteiger partial charge on any atom is -0.489 e. The first-order valence-electron chi connectivity index (χ1n) is 23.1. The Hall–Kier alpha value is -7.30. The van der Waals surface area contributed by atoms with E-state index in [1.54, 1.807) is 0 Å². The van der Waals surface area contributed by atoms with Crippen LogP contribution in [-0.4, -0.2) is 0 Å². The van der Waals surface area contributed by atoms with Gasteiger partial charge in [0.2, 0.25) is 0 Å². The normalized spacial score (nSPS) is 11.8. The highest BCUT2D eigenvalue weighted by atomic mass is 16.5. The van der Waals surface area contributed by atoms with Gasteiger partial charge >= 0.3 is 0 Å². The van der Waals surface area contributed by atoms with Crippen molar-refractivity contribution >= 4 is 55.7 Å². The standard InChI is InChI=1S/C62H60N2O2/c1-43-19-27-49(28-20-43)63(51-31-23-47(24-32-51)61(3,4)5)59-55-37-35-54(66-42-46-17-13-10-14-18-46)40-58(55)60(56-38-36-53(39-57(56)59)65-41-45-15-11-9-12-16-45)64(50-29-21-44(2)22-30-50)52-33-25-48(26-34-52)62(6,7)8/h9-40H,41-42H2,1-8H3. The van der Waals surface area contributed by atoms with Crippen LogP contribution in [0.15, 0.2) is 194 Å². The molecule has 4 heteroatoms. The molecule has 0 unspecified atom stereocenters. The van der Waals surface area contributed by atoms with E-state index in [1.165, 1.54) is 22.3 Å². The fourth-order valence-electron chi connectivity index (χ4n) is 8.71. The zero-order valence-corrected chi connectivity index (χ0v) is 39.6. The molecule has 0 heterocycles. The second-order valence-corrected chi connectivity index (χ2v) is 19.6. The molecule has 0 N–H and O–H groups in total. The van der Waals surface area contributed by atoms with E-state index in [2.05, 4.69) is 247 Å². The van der Waals surface area contributed by atoms with Gasteiger partial charge in [-0.05, 0) is 132 Å². The Labute approximate surface area is 391 Å². The number of hydrogen-bond acceptors (Lipinski definition) is 4. The predicted molar refractivity (Wildman–Crippen MR) is 279 cm³/mol. The molecule has 0 aromatic heterocycles. The van der Waals surface area contributed by atoms with Crippen LogP contribution >= 0.6 is 0 Å². The molecule has 4 nitrogen and oxygen atoms in total. The third-order valence-corrected chi connectivity index (χ3v) is 12.5. The molecule has 0 spiro atoms. The molecule has 330 valence electrons. The van der Waals surface area contributed by atoms with Crippen LogP contribution in [0.25, 0.3) is 21.5 Å². The SMILES string of the molecule is Cc1ccc(N(c2ccc(C(C)(C)C)cc2)c2c3ccc(OCc4ccccc4)cc3c(N(c3ccc(C)cc3)c3ccc(C(C)(C)C)cc3)c3ccc(OCc4ccccc4)cc23)cc1. The van der Waals surface area contributed by atoms with E-state index in [0.29, 0.717) is 13.2 Å². The topological polar surface area (TPSA) is 24.9 Å². The Kier molecular flexibility index (Phi) is 12.2. The van der Waals surface area contributed by atoms with Crippen LogP contribution in [0.2, 0.25) is 0 Å². The van der Waals surface area contributed by atoms with Crippen molar-refractivity contribution in [1.29, 1.82) is 0 Å². The zero-order chi connectivity index (χ0) is 46.0. The summed E-state index contributed by atoms with van der Waals surface area (Å²) in [5, 5.41) is 4.28. The lowest BCUT2D eigenvalue weighted by Crippen LogP contribution is -2.16. The third-order valence-electron chi connectivity index (χ3n) is 12.5. The van der Waals surface area contributed by atoms with Gasteiger partial charge in [0.1, 0.15) is 24.7 Å². The van der Waals surface area contributed by atoms with Gasteiger partial charge in [-0.25, -0.2) is 0 Å². The van der Waals surface area contributed by atoms with Gasteiger partial charge in [-0.1, -0.05) is 162 Å². The Morgan fingerprint density at radius 3 is 0.985 bits per heavy atom. The zero-order valence-electron chi connectivity index (χ0n) is 39.6. The summed E-state index contributed by atoms with van der Waals surface area (Å²) < 4.78 is 13.4. The van der Waals surface area contributed by atoms with E-state index in [4.69, 9.17) is 9.47 Å². The van der Waals surface area contributed by atoms with Crippen LogP contribution in [0.4, 0.5) is 34.1 Å². The number of anilines is 6. The molecule has 0 aliphatic heterocycles. The largest absolute Gasteiger partial charge is 0.489 e. The molecule has 66 heavy (non-hydrogen) atoms. The summed E-state index contributed by atoms with van der Waals surface area (Å²) in [6.07, 6.45) is 0. The number of hydrogen-bond donors (Lipinski definition) is 0. The van der Waals surface area contributed by atoms with E-state index >= 15 is 0 Å². The molecule has 0 bridgehead atoms. The van der Waals surface area contributed by atoms with E-state index in [9.17, 15) is 0 Å². The molecular formula is C62H60N2O2. The van der Waals surface area contributed by atoms with Crippen LogP contribution in [0.1, 0.15) is 74.9 Å². The lowest BCUT2D eigenvalue weighted by atomic mass is 9.87. The van der Waals surface area contributed by atoms with E-state index < -0.39 is 0 Å². The van der Waals surface area contributed by atoms with Crippen LogP contribution in [0.3, 0.4) is 0 Å². The fourth-order valence-corrected chi connectivity index (χ4v) is 8.71. The number of rotatable bonds is 12. The van der Waals surface area contributed by atoms with Gasteiger partial charge in [-0.3, -0.25) is 0 Å². The van der Waals surface area contributed by atoms with Crippen LogP contribution < -0.4 is 19.3 Å². The maximum Gasteiger partial charge on any atom is 0.120 e. The first-order valence-corrected chi connectivity index (χ1v) is 23.1. The average molecular weight is 865 g/mol. The number of nitrogens with zero attached hydrogens (tertiary/aromatic N) is 2. The average Bonchev–Trinajstić information content (AvgIpc) is 3.32. The molecule has 9 aromatic carbocycles. The summed E-state index contributed by atoms with van der Waals surface area (Å²) in [4.78, 5) is 4.86. The van der Waals surface area contributed by atoms with Gasteiger partial charge in [0.05, 0.1) is 11.4 Å². The molecule has 0 saturated carbocycles. The lowest BCUT2D eigenvalue weighted by Gasteiger charge is -2.33. The smallest absolute Gasteiger partial charge is 0.120 e. The van der Waals surface area contributed by atoms with Gasteiger partial charge in [0, 0.05) is 44.3 Å². The maximum absolute atomic E-state index is 6.70. The Bertz CT molecular complexity index is 2860. The van der Waals surface area contributed by atoms with Crippen molar-refractivity contribution in [3.05, 3.63) is 228 Å². The van der Waals surface area contributed by atoms with Crippen molar-refractivity contribution < 1.29 is 9.47 Å². The van der Waals surface area contributed by atoms with Crippen molar-refractivity contribution in [2.24, 2.45) is 0 Å². The van der Waals surface area contributed by atoms with Crippen molar-refractivity contribution in [3.8, 4) is 11.5 Å². The van der Waals surface area contributed by atoms with E-state index in [0.717, 1.165) is 78.3 Å². The summed E-state index contributed by atoms with van der Waals surface area (Å²) >= 11 is 0. The number of fused-ring (bicyclic) bond motifs is 2. The molecule has 9 rings (SSSR count). The van der Waals surface area contributed by atoms with Gasteiger partial charge in [-0.2, -0.15) is 0 Å². The molecule has 0 amide bonds. The summed E-state index contributed by atoms with van der Waals surface area (Å²) in [6, 6.07) is 70.0. The maximum atomic E-state index is 6.70. The molecule has 0 radical (unpaired) electrons. The molecule has 0 aliphatic carbocycles. The first kappa shape index (κ1) is 43.9. The highest BCUT2D eigenvalue weighted by molar-refractivity contribution is 6.23. The first-order chi connectivity index (χ1) is 31.8. The Balaban J connectivity index is 1.38. The molecular weight excluding hydrogens is 805 g/mol.